The number of nitrogens with one attached hydrogen (secondary N) is 4. The molecule has 11 heteroatoms. The monoisotopic (exact) mass is 553 g/mol. The Morgan fingerprint density at radius 2 is 1.44 bits per heavy atom. The molecule has 1 aromatic heterocycles. The Kier molecular flexibility index (Phi) is 10.5. The first kappa shape index (κ1) is 29.7. The van der Waals surface area contributed by atoms with E-state index in [1.54, 1.807) is 44.3 Å². The van der Waals surface area contributed by atoms with Gasteiger partial charge in [0.2, 0.25) is 17.7 Å². The molecule has 39 heavy (non-hydrogen) atoms. The molecule has 2 aromatic carbocycles. The lowest BCUT2D eigenvalue weighted by Gasteiger charge is -2.25. The van der Waals surface area contributed by atoms with Gasteiger partial charge in [-0.15, -0.1) is 0 Å². The van der Waals surface area contributed by atoms with E-state index in [0.717, 1.165) is 22.0 Å². The van der Waals surface area contributed by atoms with E-state index in [1.807, 2.05) is 30.3 Å². The molecule has 208 valence electrons. The molecule has 3 aromatic rings. The number of aromatic amines is 1. The minimum Gasteiger partial charge on any atom is -0.480 e. The summed E-state index contributed by atoms with van der Waals surface area (Å²) >= 11 is 4.20. The number of benzene rings is 2. The second kappa shape index (κ2) is 13.8. The number of aromatic nitrogens is 1. The lowest BCUT2D eigenvalue weighted by atomic mass is 10.0. The SMILES string of the molecule is CC(C)C(N)C(=O)NC(CS)C(=O)NC(Cc1c[nH]c2ccccc12)C(=O)NC(Cc1ccccc1)C(=O)O. The Morgan fingerprint density at radius 3 is 2.08 bits per heavy atom. The number of carbonyl (C=O) groups excluding carboxylic acids is 3. The van der Waals surface area contributed by atoms with Gasteiger partial charge in [-0.3, -0.25) is 14.4 Å². The average Bonchev–Trinajstić information content (AvgIpc) is 3.33. The van der Waals surface area contributed by atoms with Crippen molar-refractivity contribution in [3.63, 3.8) is 0 Å². The topological polar surface area (TPSA) is 166 Å². The number of para-hydroxylation sites is 1. The summed E-state index contributed by atoms with van der Waals surface area (Å²) in [6.45, 7) is 3.58. The number of rotatable bonds is 13. The van der Waals surface area contributed by atoms with Gasteiger partial charge in [0, 0.05) is 35.7 Å². The maximum Gasteiger partial charge on any atom is 0.326 e. The highest BCUT2D eigenvalue weighted by Crippen LogP contribution is 2.19. The third kappa shape index (κ3) is 8.08. The number of amides is 3. The summed E-state index contributed by atoms with van der Waals surface area (Å²) in [5.74, 6) is -3.19. The number of carboxylic acid groups (broad SMARTS) is 1. The second-order valence-corrected chi connectivity index (χ2v) is 10.1. The Hall–Kier alpha value is -3.83. The standard InChI is InChI=1S/C28H35N5O5S/c1-16(2)24(29)27(36)33-23(15-39)26(35)31-21(13-18-14-30-20-11-7-6-10-19(18)20)25(34)32-22(28(37)38)12-17-8-4-3-5-9-17/h3-11,14,16,21-24,30,39H,12-13,15,29H2,1-2H3,(H,31,35)(H,32,34)(H,33,36)(H,37,38). The van der Waals surface area contributed by atoms with E-state index < -0.39 is 47.9 Å². The Labute approximate surface area is 232 Å². The summed E-state index contributed by atoms with van der Waals surface area (Å²) in [6, 6.07) is 12.2. The summed E-state index contributed by atoms with van der Waals surface area (Å²) in [4.78, 5) is 54.3. The summed E-state index contributed by atoms with van der Waals surface area (Å²) in [5.41, 5.74) is 8.26. The van der Waals surface area contributed by atoms with Crippen LogP contribution in [0.1, 0.15) is 25.0 Å². The molecule has 0 radical (unpaired) electrons. The van der Waals surface area contributed by atoms with Crippen LogP contribution in [0.4, 0.5) is 0 Å². The first-order valence-corrected chi connectivity index (χ1v) is 13.3. The number of carboxylic acids is 1. The number of carbonyl (C=O) groups is 4. The number of hydrogen-bond acceptors (Lipinski definition) is 6. The molecular weight excluding hydrogens is 518 g/mol. The number of nitrogens with two attached hydrogens (primary N) is 1. The van der Waals surface area contributed by atoms with E-state index in [1.165, 1.54) is 0 Å². The van der Waals surface area contributed by atoms with Crippen LogP contribution in [0.2, 0.25) is 0 Å². The number of H-pyrrole nitrogens is 1. The number of thiol groups is 1. The van der Waals surface area contributed by atoms with Gasteiger partial charge in [-0.2, -0.15) is 12.6 Å². The minimum absolute atomic E-state index is 0.0322. The molecule has 3 rings (SSSR count). The number of hydrogen-bond donors (Lipinski definition) is 7. The normalized spacial score (nSPS) is 14.3. The quantitative estimate of drug-likeness (QED) is 0.158. The molecule has 0 saturated carbocycles. The van der Waals surface area contributed by atoms with Gasteiger partial charge in [-0.05, 0) is 23.1 Å². The Morgan fingerprint density at radius 1 is 0.846 bits per heavy atom. The van der Waals surface area contributed by atoms with Crippen LogP contribution in [0.15, 0.2) is 60.8 Å². The van der Waals surface area contributed by atoms with Crippen molar-refractivity contribution in [2.45, 2.75) is 50.9 Å². The van der Waals surface area contributed by atoms with E-state index in [9.17, 15) is 24.3 Å². The highest BCUT2D eigenvalue weighted by Gasteiger charge is 2.31. The summed E-state index contributed by atoms with van der Waals surface area (Å²) in [7, 11) is 0. The molecule has 1 heterocycles. The molecule has 0 aliphatic heterocycles. The first-order valence-electron chi connectivity index (χ1n) is 12.7. The molecule has 10 nitrogen and oxygen atoms in total. The van der Waals surface area contributed by atoms with Gasteiger partial charge in [-0.1, -0.05) is 62.4 Å². The van der Waals surface area contributed by atoms with E-state index in [0.29, 0.717) is 0 Å². The Balaban J connectivity index is 1.83. The zero-order valence-corrected chi connectivity index (χ0v) is 22.8. The van der Waals surface area contributed by atoms with Crippen molar-refractivity contribution in [1.82, 2.24) is 20.9 Å². The van der Waals surface area contributed by atoms with Crippen molar-refractivity contribution < 1.29 is 24.3 Å². The van der Waals surface area contributed by atoms with E-state index in [2.05, 4.69) is 33.6 Å². The smallest absolute Gasteiger partial charge is 0.326 e. The van der Waals surface area contributed by atoms with Crippen molar-refractivity contribution in [3.05, 3.63) is 71.9 Å². The zero-order chi connectivity index (χ0) is 28.5. The molecule has 3 amide bonds. The third-order valence-electron chi connectivity index (χ3n) is 6.47. The lowest BCUT2D eigenvalue weighted by molar-refractivity contribution is -0.142. The predicted octanol–water partition coefficient (Wildman–Crippen LogP) is 1.41. The van der Waals surface area contributed by atoms with Crippen molar-refractivity contribution in [3.8, 4) is 0 Å². The first-order chi connectivity index (χ1) is 18.6. The highest BCUT2D eigenvalue weighted by molar-refractivity contribution is 7.80. The molecule has 0 fully saturated rings. The zero-order valence-electron chi connectivity index (χ0n) is 21.9. The van der Waals surface area contributed by atoms with Crippen LogP contribution in [0.3, 0.4) is 0 Å². The lowest BCUT2D eigenvalue weighted by Crippen LogP contribution is -2.58. The van der Waals surface area contributed by atoms with Crippen LogP contribution in [-0.4, -0.2) is 63.7 Å². The van der Waals surface area contributed by atoms with Gasteiger partial charge < -0.3 is 31.8 Å². The van der Waals surface area contributed by atoms with Gasteiger partial charge >= 0.3 is 5.97 Å². The van der Waals surface area contributed by atoms with Crippen molar-refractivity contribution >= 4 is 47.2 Å². The summed E-state index contributed by atoms with van der Waals surface area (Å²) in [6.07, 6.45) is 1.89. The van der Waals surface area contributed by atoms with Gasteiger partial charge in [0.05, 0.1) is 6.04 Å². The Bertz CT molecular complexity index is 1300. The molecule has 0 bridgehead atoms. The molecule has 0 saturated heterocycles. The summed E-state index contributed by atoms with van der Waals surface area (Å²) < 4.78 is 0. The van der Waals surface area contributed by atoms with Crippen molar-refractivity contribution in [2.75, 3.05) is 5.75 Å². The van der Waals surface area contributed by atoms with Crippen LogP contribution in [0.25, 0.3) is 10.9 Å². The van der Waals surface area contributed by atoms with Crippen molar-refractivity contribution in [2.24, 2.45) is 11.7 Å². The van der Waals surface area contributed by atoms with Crippen LogP contribution in [-0.2, 0) is 32.0 Å². The van der Waals surface area contributed by atoms with E-state index >= 15 is 0 Å². The maximum absolute atomic E-state index is 13.5. The van der Waals surface area contributed by atoms with Gasteiger partial charge in [-0.25, -0.2) is 4.79 Å². The molecular formula is C28H35N5O5S. The van der Waals surface area contributed by atoms with Crippen LogP contribution in [0, 0.1) is 5.92 Å². The minimum atomic E-state index is -1.22. The fraction of sp³-hybridized carbons (Fsp3) is 0.357. The molecule has 0 aliphatic rings. The van der Waals surface area contributed by atoms with E-state index in [-0.39, 0.29) is 24.5 Å². The van der Waals surface area contributed by atoms with E-state index in [4.69, 9.17) is 5.73 Å². The molecule has 0 spiro atoms. The fourth-order valence-electron chi connectivity index (χ4n) is 4.09. The van der Waals surface area contributed by atoms with Crippen LogP contribution < -0.4 is 21.7 Å². The van der Waals surface area contributed by atoms with Crippen LogP contribution in [0.5, 0.6) is 0 Å². The maximum atomic E-state index is 13.5. The van der Waals surface area contributed by atoms with Crippen molar-refractivity contribution in [1.29, 1.82) is 0 Å². The number of aliphatic carboxylic acids is 1. The van der Waals surface area contributed by atoms with Crippen LogP contribution >= 0.6 is 12.6 Å². The summed E-state index contributed by atoms with van der Waals surface area (Å²) in [5, 5.41) is 18.5. The van der Waals surface area contributed by atoms with Gasteiger partial charge in [0.15, 0.2) is 0 Å². The molecule has 0 aliphatic carbocycles. The third-order valence-corrected chi connectivity index (χ3v) is 6.83. The predicted molar refractivity (Wildman–Crippen MR) is 152 cm³/mol. The average molecular weight is 554 g/mol. The molecule has 4 atom stereocenters. The highest BCUT2D eigenvalue weighted by atomic mass is 32.1. The molecule has 7 N–H and O–H groups in total. The largest absolute Gasteiger partial charge is 0.480 e. The van der Waals surface area contributed by atoms with Gasteiger partial charge in [0.25, 0.3) is 0 Å². The molecule has 4 unspecified atom stereocenters. The fourth-order valence-corrected chi connectivity index (χ4v) is 4.35. The second-order valence-electron chi connectivity index (χ2n) is 9.73. The number of fused-ring (bicyclic) bond motifs is 1. The van der Waals surface area contributed by atoms with Gasteiger partial charge in [0.1, 0.15) is 18.1 Å².